The Labute approximate surface area is 140 Å². The molecule has 0 radical (unpaired) electrons. The van der Waals surface area contributed by atoms with E-state index >= 15 is 0 Å². The molecule has 0 saturated carbocycles. The van der Waals surface area contributed by atoms with E-state index < -0.39 is 0 Å². The molecule has 0 spiro atoms. The van der Waals surface area contributed by atoms with Crippen LogP contribution in [0.4, 0.5) is 0 Å². The molecule has 0 atom stereocenters. The van der Waals surface area contributed by atoms with E-state index in [1.165, 1.54) is 38.5 Å². The van der Waals surface area contributed by atoms with E-state index in [9.17, 15) is 9.59 Å². The highest BCUT2D eigenvalue weighted by Gasteiger charge is 1.94. The number of hydrogen-bond acceptors (Lipinski definition) is 5. The van der Waals surface area contributed by atoms with E-state index in [1.807, 2.05) is 0 Å². The van der Waals surface area contributed by atoms with Crippen LogP contribution in [0, 0.1) is 0 Å². The normalized spacial score (nSPS) is 10.1. The summed E-state index contributed by atoms with van der Waals surface area (Å²) in [5.74, 6) is 0. The van der Waals surface area contributed by atoms with Crippen molar-refractivity contribution >= 4 is 12.2 Å². The van der Waals surface area contributed by atoms with E-state index in [4.69, 9.17) is 4.74 Å². The first-order chi connectivity index (χ1) is 11.4. The van der Waals surface area contributed by atoms with Crippen molar-refractivity contribution in [1.29, 1.82) is 0 Å². The van der Waals surface area contributed by atoms with E-state index in [2.05, 4.69) is 9.98 Å². The Hall–Kier alpha value is -1.28. The Kier molecular flexibility index (Phi) is 19.6. The Morgan fingerprint density at radius 2 is 0.870 bits per heavy atom. The van der Waals surface area contributed by atoms with Gasteiger partial charge in [-0.25, -0.2) is 19.6 Å². The Morgan fingerprint density at radius 3 is 1.26 bits per heavy atom. The fraction of sp³-hybridized carbons (Fsp3) is 0.889. The molecule has 0 heterocycles. The molecule has 0 fully saturated rings. The molecule has 0 rings (SSSR count). The molecule has 5 nitrogen and oxygen atoms in total. The van der Waals surface area contributed by atoms with Crippen LogP contribution < -0.4 is 0 Å². The lowest BCUT2D eigenvalue weighted by molar-refractivity contribution is 0.125. The molecular formula is C18H32N2O3. The zero-order chi connectivity index (χ0) is 16.8. The maximum Gasteiger partial charge on any atom is 0.234 e. The third-order valence-corrected chi connectivity index (χ3v) is 3.75. The lowest BCUT2D eigenvalue weighted by Crippen LogP contribution is -1.97. The molecule has 0 aliphatic rings. The first kappa shape index (κ1) is 21.7. The SMILES string of the molecule is O=C=NCCCCCCCCOCCCCCCCCN=C=O. The molecule has 5 heteroatoms. The second-order valence-electron chi connectivity index (χ2n) is 5.80. The molecular weight excluding hydrogens is 292 g/mol. The van der Waals surface area contributed by atoms with Gasteiger partial charge in [0.15, 0.2) is 0 Å². The number of carbonyl (C=O) groups excluding carboxylic acids is 2. The van der Waals surface area contributed by atoms with Crippen LogP contribution in [0.5, 0.6) is 0 Å². The van der Waals surface area contributed by atoms with Gasteiger partial charge in [-0.3, -0.25) is 0 Å². The molecule has 0 amide bonds. The second-order valence-corrected chi connectivity index (χ2v) is 5.80. The van der Waals surface area contributed by atoms with Gasteiger partial charge in [0.1, 0.15) is 0 Å². The lowest BCUT2D eigenvalue weighted by atomic mass is 10.1. The molecule has 0 aromatic rings. The molecule has 132 valence electrons. The first-order valence-electron chi connectivity index (χ1n) is 9.07. The summed E-state index contributed by atoms with van der Waals surface area (Å²) in [4.78, 5) is 26.8. The van der Waals surface area contributed by atoms with Crippen molar-refractivity contribution in [2.45, 2.75) is 77.0 Å². The Bertz CT molecular complexity index is 303. The predicted octanol–water partition coefficient (Wildman–Crippen LogP) is 4.36. The van der Waals surface area contributed by atoms with E-state index in [1.54, 1.807) is 12.2 Å². The summed E-state index contributed by atoms with van der Waals surface area (Å²) in [5.41, 5.74) is 0. The minimum Gasteiger partial charge on any atom is -0.381 e. The third-order valence-electron chi connectivity index (χ3n) is 3.75. The number of ether oxygens (including phenoxy) is 1. The molecule has 0 aromatic carbocycles. The highest BCUT2D eigenvalue weighted by atomic mass is 16.5. The van der Waals surface area contributed by atoms with Crippen LogP contribution in [0.1, 0.15) is 77.0 Å². The van der Waals surface area contributed by atoms with Crippen LogP contribution in [0.15, 0.2) is 9.98 Å². The van der Waals surface area contributed by atoms with Gasteiger partial charge >= 0.3 is 0 Å². The van der Waals surface area contributed by atoms with Crippen LogP contribution in [-0.4, -0.2) is 38.5 Å². The summed E-state index contributed by atoms with van der Waals surface area (Å²) in [6.07, 6.45) is 17.1. The van der Waals surface area contributed by atoms with Gasteiger partial charge in [0.2, 0.25) is 12.2 Å². The second kappa shape index (κ2) is 20.7. The first-order valence-corrected chi connectivity index (χ1v) is 9.07. The smallest absolute Gasteiger partial charge is 0.234 e. The van der Waals surface area contributed by atoms with Crippen LogP contribution >= 0.6 is 0 Å². The van der Waals surface area contributed by atoms with Crippen molar-refractivity contribution in [1.82, 2.24) is 0 Å². The summed E-state index contributed by atoms with van der Waals surface area (Å²) in [5, 5.41) is 0. The van der Waals surface area contributed by atoms with Gasteiger partial charge < -0.3 is 4.74 Å². The minimum atomic E-state index is 0.624. The van der Waals surface area contributed by atoms with E-state index in [-0.39, 0.29) is 0 Å². The van der Waals surface area contributed by atoms with Gasteiger partial charge in [0, 0.05) is 13.2 Å². The molecule has 0 N–H and O–H groups in total. The largest absolute Gasteiger partial charge is 0.381 e. The van der Waals surface area contributed by atoms with Crippen molar-refractivity contribution in [2.24, 2.45) is 9.98 Å². The summed E-state index contributed by atoms with van der Waals surface area (Å²) in [6.45, 7) is 3.00. The number of isocyanates is 2. The summed E-state index contributed by atoms with van der Waals surface area (Å²) in [7, 11) is 0. The maximum atomic E-state index is 9.87. The van der Waals surface area contributed by atoms with Gasteiger partial charge in [-0.2, -0.15) is 0 Å². The van der Waals surface area contributed by atoms with Gasteiger partial charge in [-0.1, -0.05) is 51.4 Å². The number of hydrogen-bond donors (Lipinski definition) is 0. The van der Waals surface area contributed by atoms with Crippen LogP contribution in [-0.2, 0) is 14.3 Å². The highest BCUT2D eigenvalue weighted by molar-refractivity contribution is 5.32. The molecule has 0 aliphatic carbocycles. The number of rotatable bonds is 18. The molecule has 0 saturated heterocycles. The number of nitrogens with zero attached hydrogens (tertiary/aromatic N) is 2. The van der Waals surface area contributed by atoms with E-state index in [0.717, 1.165) is 51.7 Å². The van der Waals surface area contributed by atoms with Crippen molar-refractivity contribution < 1.29 is 14.3 Å². The van der Waals surface area contributed by atoms with Crippen LogP contribution in [0.2, 0.25) is 0 Å². The zero-order valence-corrected chi connectivity index (χ0v) is 14.4. The summed E-state index contributed by atoms with van der Waals surface area (Å²) < 4.78 is 5.64. The predicted molar refractivity (Wildman–Crippen MR) is 92.2 cm³/mol. The topological polar surface area (TPSA) is 68.1 Å². The molecule has 23 heavy (non-hydrogen) atoms. The lowest BCUT2D eigenvalue weighted by Gasteiger charge is -2.04. The third kappa shape index (κ3) is 20.7. The quantitative estimate of drug-likeness (QED) is 0.214. The van der Waals surface area contributed by atoms with Crippen molar-refractivity contribution in [3.8, 4) is 0 Å². The highest BCUT2D eigenvalue weighted by Crippen LogP contribution is 2.07. The van der Waals surface area contributed by atoms with Crippen LogP contribution in [0.3, 0.4) is 0 Å². The van der Waals surface area contributed by atoms with Crippen LogP contribution in [0.25, 0.3) is 0 Å². The zero-order valence-electron chi connectivity index (χ0n) is 14.4. The van der Waals surface area contributed by atoms with Crippen molar-refractivity contribution in [3.05, 3.63) is 0 Å². The maximum absolute atomic E-state index is 9.87. The fourth-order valence-electron chi connectivity index (χ4n) is 2.40. The molecule has 0 unspecified atom stereocenters. The monoisotopic (exact) mass is 324 g/mol. The minimum absolute atomic E-state index is 0.624. The standard InChI is InChI=1S/C18H32N2O3/c21-17-19-13-9-5-1-3-7-11-15-23-16-12-8-4-2-6-10-14-20-18-22/h1-16H2. The van der Waals surface area contributed by atoms with E-state index in [0.29, 0.717) is 13.1 Å². The molecule has 0 aliphatic heterocycles. The van der Waals surface area contributed by atoms with Gasteiger partial charge in [-0.05, 0) is 25.7 Å². The Morgan fingerprint density at radius 1 is 0.522 bits per heavy atom. The Balaban J connectivity index is 2.99. The number of aliphatic imine (C=N–C) groups is 2. The van der Waals surface area contributed by atoms with Gasteiger partial charge in [-0.15, -0.1) is 0 Å². The molecule has 0 bridgehead atoms. The average molecular weight is 324 g/mol. The number of unbranched alkanes of at least 4 members (excludes halogenated alkanes) is 10. The van der Waals surface area contributed by atoms with Gasteiger partial charge in [0.25, 0.3) is 0 Å². The van der Waals surface area contributed by atoms with Gasteiger partial charge in [0.05, 0.1) is 13.1 Å². The fourth-order valence-corrected chi connectivity index (χ4v) is 2.40. The van der Waals surface area contributed by atoms with Crippen molar-refractivity contribution in [3.63, 3.8) is 0 Å². The summed E-state index contributed by atoms with van der Waals surface area (Å²) >= 11 is 0. The summed E-state index contributed by atoms with van der Waals surface area (Å²) in [6, 6.07) is 0. The van der Waals surface area contributed by atoms with Crippen molar-refractivity contribution in [2.75, 3.05) is 26.3 Å². The average Bonchev–Trinajstić information content (AvgIpc) is 2.57. The molecule has 0 aromatic heterocycles.